The molecule has 6 aromatic carbocycles. The third kappa shape index (κ3) is 21.1. The van der Waals surface area contributed by atoms with E-state index in [1.165, 1.54) is 12.1 Å². The average Bonchev–Trinajstić information content (AvgIpc) is 3.58. The second-order valence-corrected chi connectivity index (χ2v) is 13.6. The number of hydrogen-bond acceptors (Lipinski definition) is 8. The van der Waals surface area contributed by atoms with Gasteiger partial charge in [-0.05, 0) is 123 Å². The fourth-order valence-corrected chi connectivity index (χ4v) is 5.50. The number of carbonyl (C=O) groups excluding carboxylic acids is 2. The molecule has 1 amide bonds. The summed E-state index contributed by atoms with van der Waals surface area (Å²) in [7, 11) is 1.84. The van der Waals surface area contributed by atoms with Crippen molar-refractivity contribution < 1.29 is 148 Å². The van der Waals surface area contributed by atoms with Crippen LogP contribution in [-0.2, 0) is 14.5 Å². The number of phenolic OH excluding ortho intramolecular Hbond substituents is 1. The van der Waals surface area contributed by atoms with Crippen LogP contribution in [0.2, 0.25) is 10.0 Å². The number of likely N-dealkylation sites (tertiary alicyclic amines) is 1. The van der Waals surface area contributed by atoms with Crippen molar-refractivity contribution in [3.8, 4) is 40.2 Å². The molecule has 294 valence electrons. The number of hydrogen-bond donors (Lipinski definition) is 1. The van der Waals surface area contributed by atoms with Gasteiger partial charge in [0.05, 0.1) is 4.47 Å². The smallest absolute Gasteiger partial charge is 1.00 e. The minimum Gasteiger partial charge on any atom is -1.00 e. The number of benzene rings is 6. The van der Waals surface area contributed by atoms with Crippen LogP contribution in [0.5, 0.6) is 40.2 Å². The number of ether oxygens (including phenoxy) is 3. The third-order valence-electron chi connectivity index (χ3n) is 6.97. The molecular formula is C42H36Br2Cl2FK2NO8. The molecule has 0 aromatic heterocycles. The maximum absolute atomic E-state index is 13.2. The first-order valence-corrected chi connectivity index (χ1v) is 18.9. The Morgan fingerprint density at radius 3 is 1.52 bits per heavy atom. The van der Waals surface area contributed by atoms with E-state index in [9.17, 15) is 9.18 Å². The Morgan fingerprint density at radius 2 is 1.12 bits per heavy atom. The van der Waals surface area contributed by atoms with Crippen LogP contribution >= 0.6 is 55.1 Å². The van der Waals surface area contributed by atoms with Crippen LogP contribution in [0.15, 0.2) is 155 Å². The van der Waals surface area contributed by atoms with E-state index in [2.05, 4.69) is 36.7 Å². The summed E-state index contributed by atoms with van der Waals surface area (Å²) in [6.45, 7) is 0.777. The van der Waals surface area contributed by atoms with E-state index >= 15 is 0 Å². The fourth-order valence-electron chi connectivity index (χ4n) is 4.36. The van der Waals surface area contributed by atoms with Gasteiger partial charge >= 0.3 is 103 Å². The van der Waals surface area contributed by atoms with E-state index in [-0.39, 0.29) is 122 Å². The van der Waals surface area contributed by atoms with Crippen LogP contribution in [0.1, 0.15) is 14.3 Å². The second kappa shape index (κ2) is 31.1. The van der Waals surface area contributed by atoms with Gasteiger partial charge in [-0.15, -0.1) is 0 Å². The van der Waals surface area contributed by atoms with Crippen molar-refractivity contribution in [3.63, 3.8) is 0 Å². The van der Waals surface area contributed by atoms with Crippen molar-refractivity contribution in [2.75, 3.05) is 13.6 Å². The summed E-state index contributed by atoms with van der Waals surface area (Å²) >= 11 is 18.1. The fraction of sp³-hybridized carbons (Fsp3) is 0.0952. The monoisotopic (exact) mass is 1010 g/mol. The Morgan fingerprint density at radius 1 is 0.690 bits per heavy atom. The molecule has 7 rings (SSSR count). The van der Waals surface area contributed by atoms with Gasteiger partial charge < -0.3 is 35.8 Å². The average molecular weight is 1010 g/mol. The summed E-state index contributed by atoms with van der Waals surface area (Å²) in [5.74, 6) is 4.11. The molecule has 1 saturated heterocycles. The summed E-state index contributed by atoms with van der Waals surface area (Å²) < 4.78 is 31.5. The number of rotatable bonds is 7. The van der Waals surface area contributed by atoms with Gasteiger partial charge in [-0.1, -0.05) is 83.9 Å². The molecule has 0 unspecified atom stereocenters. The molecule has 0 radical (unpaired) electrons. The summed E-state index contributed by atoms with van der Waals surface area (Å²) in [6.07, 6.45) is 1.81. The minimum absolute atomic E-state index is 0. The van der Waals surface area contributed by atoms with E-state index in [0.717, 1.165) is 29.6 Å². The molecule has 0 spiro atoms. The molecule has 9 nitrogen and oxygen atoms in total. The van der Waals surface area contributed by atoms with Crippen molar-refractivity contribution in [2.45, 2.75) is 12.8 Å². The zero-order chi connectivity index (χ0) is 40.7. The largest absolute Gasteiger partial charge is 1.00 e. The Bertz CT molecular complexity index is 2100. The number of para-hydroxylation sites is 2. The van der Waals surface area contributed by atoms with E-state index in [1.54, 1.807) is 47.4 Å². The number of halogens is 5. The number of nitrogens with zero attached hydrogens (tertiary/aromatic N) is 1. The number of amides is 1. The number of aromatic hydroxyl groups is 1. The van der Waals surface area contributed by atoms with Gasteiger partial charge in [-0.25, -0.2) is 4.39 Å². The van der Waals surface area contributed by atoms with Gasteiger partial charge in [0.2, 0.25) is 5.91 Å². The minimum atomic E-state index is -0.330. The Labute approximate surface area is 450 Å². The zero-order valence-corrected chi connectivity index (χ0v) is 42.6. The van der Waals surface area contributed by atoms with Gasteiger partial charge in [-0.3, -0.25) is 9.59 Å². The molecule has 0 atom stereocenters. The molecule has 58 heavy (non-hydrogen) atoms. The predicted molar refractivity (Wildman–Crippen MR) is 221 cm³/mol. The molecule has 16 heteroatoms. The Hall–Kier alpha value is -1.84. The van der Waals surface area contributed by atoms with Gasteiger partial charge in [0.1, 0.15) is 50.5 Å². The van der Waals surface area contributed by atoms with Crippen LogP contribution < -0.4 is 122 Å². The first-order chi connectivity index (χ1) is 27.0. The van der Waals surface area contributed by atoms with Crippen molar-refractivity contribution in [2.24, 2.45) is 0 Å². The topological polar surface area (TPSA) is 118 Å². The molecule has 0 bridgehead atoms. The summed E-state index contributed by atoms with van der Waals surface area (Å²) in [5.41, 5.74) is 0. The Kier molecular flexibility index (Phi) is 29.0. The predicted octanol–water partition coefficient (Wildman–Crippen LogP) is 5.91. The number of carbonyl (C=O) groups is 2. The first kappa shape index (κ1) is 54.2. The summed E-state index contributed by atoms with van der Waals surface area (Å²) in [5, 5.41) is 18.3. The van der Waals surface area contributed by atoms with Crippen LogP contribution in [0.25, 0.3) is 0 Å². The van der Waals surface area contributed by atoms with Crippen LogP contribution in [-0.4, -0.2) is 36.0 Å². The molecule has 1 heterocycles. The van der Waals surface area contributed by atoms with Gasteiger partial charge in [-0.2, -0.15) is 0 Å². The van der Waals surface area contributed by atoms with Crippen LogP contribution in [0, 0.1) is 5.82 Å². The maximum Gasteiger partial charge on any atom is 1.00 e. The SMILES string of the molecule is CN1CCCC1=O.Clc1cccc(Oc2cccc(Oc3ccccc3)c2Br)c1.Fc1cccc(Oc2ccccc2)c1Br.O=CO[O-].Oc1cccc(Cl)c1.[H-].[K+].[K+]. The summed E-state index contributed by atoms with van der Waals surface area (Å²) in [6, 6.07) is 42.9. The van der Waals surface area contributed by atoms with E-state index < -0.39 is 0 Å². The molecular weight excluding hydrogens is 974 g/mol. The normalized spacial score (nSPS) is 10.7. The van der Waals surface area contributed by atoms with E-state index in [1.807, 2.05) is 98.0 Å². The van der Waals surface area contributed by atoms with Crippen molar-refractivity contribution >= 4 is 67.4 Å². The molecule has 1 aliphatic rings. The van der Waals surface area contributed by atoms with Crippen molar-refractivity contribution in [1.29, 1.82) is 0 Å². The summed E-state index contributed by atoms with van der Waals surface area (Å²) in [4.78, 5) is 23.5. The molecule has 1 aliphatic heterocycles. The van der Waals surface area contributed by atoms with Crippen molar-refractivity contribution in [1.82, 2.24) is 4.90 Å². The van der Waals surface area contributed by atoms with Gasteiger partial charge in [0.15, 0.2) is 0 Å². The third-order valence-corrected chi connectivity index (χ3v) is 8.99. The molecule has 1 N–H and O–H groups in total. The number of phenols is 1. The molecule has 6 aromatic rings. The standard InChI is InChI=1S/C18H12BrClO2.C12H8BrFO.C6H5ClO.C5H9NO.CH2O3.2K.H/c19-18-16(21-14-7-2-1-3-8-14)10-5-11-17(18)22-15-9-4-6-13(20)12-15;13-12-10(14)7-4-8-11(12)15-9-5-2-1-3-6-9;7-5-2-1-3-6(8)4-5;1-6-4-2-3-5(6)7;2-1-4-3;;;/h1-12H;1-8H;1-4,8H;2-4H2,1H3;1,3H;;;/q;;;;;2*+1;-1/p-1. The van der Waals surface area contributed by atoms with Gasteiger partial charge in [0, 0.05) is 30.1 Å². The molecule has 1 fully saturated rings. The first-order valence-electron chi connectivity index (χ1n) is 16.5. The van der Waals surface area contributed by atoms with Crippen LogP contribution in [0.4, 0.5) is 4.39 Å². The second-order valence-electron chi connectivity index (χ2n) is 11.1. The van der Waals surface area contributed by atoms with E-state index in [4.69, 9.17) is 52.6 Å². The van der Waals surface area contributed by atoms with E-state index in [0.29, 0.717) is 49.2 Å². The Balaban J connectivity index is 0.000000788. The van der Waals surface area contributed by atoms with Crippen LogP contribution in [0.3, 0.4) is 0 Å². The molecule has 0 saturated carbocycles. The zero-order valence-electron chi connectivity index (χ0n) is 32.7. The van der Waals surface area contributed by atoms with Gasteiger partial charge in [0.25, 0.3) is 6.47 Å². The maximum atomic E-state index is 13.2. The van der Waals surface area contributed by atoms with Crippen molar-refractivity contribution in [3.05, 3.63) is 170 Å². The quantitative estimate of drug-likeness (QED) is 0.0910. The molecule has 0 aliphatic carbocycles.